The molecule has 1 fully saturated rings. The first kappa shape index (κ1) is 13.4. The van der Waals surface area contributed by atoms with Crippen LogP contribution in [-0.4, -0.2) is 19.0 Å². The third-order valence-corrected chi connectivity index (χ3v) is 4.72. The summed E-state index contributed by atoms with van der Waals surface area (Å²) in [4.78, 5) is 15.0. The number of nitrogens with zero attached hydrogens (tertiary/aromatic N) is 1. The fourth-order valence-corrected chi connectivity index (χ4v) is 3.68. The van der Waals surface area contributed by atoms with E-state index >= 15 is 0 Å². The molecule has 3 heteroatoms. The number of amides is 1. The van der Waals surface area contributed by atoms with E-state index in [0.717, 1.165) is 29.9 Å². The number of carbonyl (C=O) groups excluding carboxylic acids is 1. The quantitative estimate of drug-likeness (QED) is 0.914. The molecule has 2 aliphatic heterocycles. The minimum absolute atomic E-state index is 0.0886. The van der Waals surface area contributed by atoms with Crippen LogP contribution >= 0.6 is 0 Å². The zero-order valence-corrected chi connectivity index (χ0v) is 12.6. The Bertz CT molecular complexity index is 690. The highest BCUT2D eigenvalue weighted by Crippen LogP contribution is 2.43. The lowest BCUT2D eigenvalue weighted by Crippen LogP contribution is -2.30. The average molecular weight is 292 g/mol. The Morgan fingerprint density at radius 1 is 0.909 bits per heavy atom. The predicted octanol–water partition coefficient (Wildman–Crippen LogP) is 3.76. The van der Waals surface area contributed by atoms with E-state index < -0.39 is 0 Å². The molecule has 1 N–H and O–H groups in total. The lowest BCUT2D eigenvalue weighted by Gasteiger charge is -2.31. The van der Waals surface area contributed by atoms with Gasteiger partial charge in [-0.2, -0.15) is 0 Å². The normalized spacial score (nSPS) is 20.6. The van der Waals surface area contributed by atoms with Crippen molar-refractivity contribution in [1.82, 2.24) is 0 Å². The lowest BCUT2D eigenvalue weighted by atomic mass is 9.90. The van der Waals surface area contributed by atoms with Crippen molar-refractivity contribution in [1.29, 1.82) is 0 Å². The molecule has 1 unspecified atom stereocenters. The van der Waals surface area contributed by atoms with Crippen molar-refractivity contribution < 1.29 is 4.79 Å². The highest BCUT2D eigenvalue weighted by atomic mass is 16.2. The number of anilines is 2. The van der Waals surface area contributed by atoms with E-state index in [1.54, 1.807) is 0 Å². The number of carbonyl (C=O) groups is 1. The summed E-state index contributed by atoms with van der Waals surface area (Å²) in [7, 11) is 0. The Balaban J connectivity index is 1.81. The van der Waals surface area contributed by atoms with E-state index in [2.05, 4.69) is 22.3 Å². The molecule has 2 aliphatic rings. The minimum Gasteiger partial charge on any atom is -0.371 e. The van der Waals surface area contributed by atoms with Crippen LogP contribution in [0.4, 0.5) is 11.4 Å². The van der Waals surface area contributed by atoms with Crippen LogP contribution in [0.3, 0.4) is 0 Å². The summed E-state index contributed by atoms with van der Waals surface area (Å²) in [5.74, 6) is -0.0972. The molecule has 3 nitrogen and oxygen atoms in total. The summed E-state index contributed by atoms with van der Waals surface area (Å²) < 4.78 is 0. The Morgan fingerprint density at radius 2 is 1.68 bits per heavy atom. The van der Waals surface area contributed by atoms with Gasteiger partial charge >= 0.3 is 0 Å². The van der Waals surface area contributed by atoms with E-state index in [-0.39, 0.29) is 11.8 Å². The molecule has 1 saturated heterocycles. The van der Waals surface area contributed by atoms with Crippen molar-refractivity contribution in [2.45, 2.75) is 25.2 Å². The summed E-state index contributed by atoms with van der Waals surface area (Å²) in [6.07, 6.45) is 3.78. The summed E-state index contributed by atoms with van der Waals surface area (Å²) in [5.41, 5.74) is 4.43. The third-order valence-electron chi connectivity index (χ3n) is 4.72. The van der Waals surface area contributed by atoms with Gasteiger partial charge in [0.15, 0.2) is 0 Å². The number of piperidine rings is 1. The molecule has 0 saturated carbocycles. The van der Waals surface area contributed by atoms with Gasteiger partial charge in [0.2, 0.25) is 5.91 Å². The Hall–Kier alpha value is -2.29. The number of benzene rings is 2. The molecule has 0 bridgehead atoms. The van der Waals surface area contributed by atoms with E-state index in [0.29, 0.717) is 0 Å². The monoisotopic (exact) mass is 292 g/mol. The molecule has 2 aromatic carbocycles. The number of hydrogen-bond acceptors (Lipinski definition) is 2. The van der Waals surface area contributed by atoms with Crippen LogP contribution in [0.25, 0.3) is 0 Å². The van der Waals surface area contributed by atoms with E-state index in [4.69, 9.17) is 0 Å². The zero-order valence-electron chi connectivity index (χ0n) is 12.6. The smallest absolute Gasteiger partial charge is 0.236 e. The maximum atomic E-state index is 12.5. The number of rotatable bonds is 2. The molecule has 0 aromatic heterocycles. The van der Waals surface area contributed by atoms with Crippen molar-refractivity contribution in [3.05, 3.63) is 59.7 Å². The van der Waals surface area contributed by atoms with Gasteiger partial charge in [-0.25, -0.2) is 0 Å². The van der Waals surface area contributed by atoms with E-state index in [9.17, 15) is 4.79 Å². The Labute approximate surface area is 131 Å². The lowest BCUT2D eigenvalue weighted by molar-refractivity contribution is -0.116. The van der Waals surface area contributed by atoms with Crippen LogP contribution in [0.5, 0.6) is 0 Å². The van der Waals surface area contributed by atoms with Crippen molar-refractivity contribution in [2.24, 2.45) is 0 Å². The van der Waals surface area contributed by atoms with Crippen molar-refractivity contribution in [2.75, 3.05) is 23.3 Å². The molecule has 2 heterocycles. The SMILES string of the molecule is O=C1Nc2cccc(N3CCCCC3)c2C1c1ccccc1. The average Bonchev–Trinajstić information content (AvgIpc) is 2.92. The molecule has 1 atom stereocenters. The van der Waals surface area contributed by atoms with Gasteiger partial charge in [0, 0.05) is 30.0 Å². The van der Waals surface area contributed by atoms with Gasteiger partial charge < -0.3 is 10.2 Å². The molecule has 0 radical (unpaired) electrons. The van der Waals surface area contributed by atoms with Gasteiger partial charge in [0.25, 0.3) is 0 Å². The van der Waals surface area contributed by atoms with Gasteiger partial charge in [-0.1, -0.05) is 36.4 Å². The minimum atomic E-state index is -0.186. The highest BCUT2D eigenvalue weighted by molar-refractivity contribution is 6.07. The molecule has 22 heavy (non-hydrogen) atoms. The van der Waals surface area contributed by atoms with Gasteiger partial charge in [-0.15, -0.1) is 0 Å². The molecule has 4 rings (SSSR count). The van der Waals surface area contributed by atoms with Crippen LogP contribution in [0, 0.1) is 0 Å². The van der Waals surface area contributed by atoms with Gasteiger partial charge in [0.05, 0.1) is 5.92 Å². The Morgan fingerprint density at radius 3 is 2.45 bits per heavy atom. The summed E-state index contributed by atoms with van der Waals surface area (Å²) in [6, 6.07) is 16.3. The van der Waals surface area contributed by atoms with Gasteiger partial charge in [-0.05, 0) is 37.0 Å². The number of hydrogen-bond donors (Lipinski definition) is 1. The second-order valence-electron chi connectivity index (χ2n) is 6.12. The number of nitrogens with one attached hydrogen (secondary N) is 1. The maximum absolute atomic E-state index is 12.5. The van der Waals surface area contributed by atoms with Crippen LogP contribution in [0.2, 0.25) is 0 Å². The zero-order chi connectivity index (χ0) is 14.9. The molecule has 0 aliphatic carbocycles. The van der Waals surface area contributed by atoms with Gasteiger partial charge in [-0.3, -0.25) is 4.79 Å². The maximum Gasteiger partial charge on any atom is 0.236 e. The molecule has 1 amide bonds. The first-order valence-electron chi connectivity index (χ1n) is 8.08. The predicted molar refractivity (Wildman–Crippen MR) is 89.4 cm³/mol. The molecule has 112 valence electrons. The van der Waals surface area contributed by atoms with E-state index in [1.165, 1.54) is 24.9 Å². The molecule has 2 aromatic rings. The van der Waals surface area contributed by atoms with Gasteiger partial charge in [0.1, 0.15) is 0 Å². The number of fused-ring (bicyclic) bond motifs is 1. The van der Waals surface area contributed by atoms with E-state index in [1.807, 2.05) is 36.4 Å². The summed E-state index contributed by atoms with van der Waals surface area (Å²) in [5, 5.41) is 3.06. The second-order valence-corrected chi connectivity index (χ2v) is 6.12. The van der Waals surface area contributed by atoms with Crippen LogP contribution < -0.4 is 10.2 Å². The summed E-state index contributed by atoms with van der Waals surface area (Å²) >= 11 is 0. The Kier molecular flexibility index (Phi) is 3.34. The second kappa shape index (κ2) is 5.48. The fraction of sp³-hybridized carbons (Fsp3) is 0.316. The van der Waals surface area contributed by atoms with Crippen LogP contribution in [0.1, 0.15) is 36.3 Å². The van der Waals surface area contributed by atoms with Crippen LogP contribution in [-0.2, 0) is 4.79 Å². The van der Waals surface area contributed by atoms with Crippen molar-refractivity contribution >= 4 is 17.3 Å². The summed E-state index contributed by atoms with van der Waals surface area (Å²) in [6.45, 7) is 2.18. The molecular weight excluding hydrogens is 272 g/mol. The molecule has 0 spiro atoms. The first-order chi connectivity index (χ1) is 10.8. The largest absolute Gasteiger partial charge is 0.371 e. The topological polar surface area (TPSA) is 32.3 Å². The van der Waals surface area contributed by atoms with Crippen molar-refractivity contribution in [3.8, 4) is 0 Å². The van der Waals surface area contributed by atoms with Crippen molar-refractivity contribution in [3.63, 3.8) is 0 Å². The van der Waals surface area contributed by atoms with Crippen LogP contribution in [0.15, 0.2) is 48.5 Å². The molecular formula is C19H20N2O. The standard InChI is InChI=1S/C19H20N2O/c22-19-17(14-8-3-1-4-9-14)18-15(20-19)10-7-11-16(18)21-12-5-2-6-13-21/h1,3-4,7-11,17H,2,5-6,12-13H2,(H,20,22). The fourth-order valence-electron chi connectivity index (χ4n) is 3.68. The third kappa shape index (κ3) is 2.17. The first-order valence-corrected chi connectivity index (χ1v) is 8.08. The highest BCUT2D eigenvalue weighted by Gasteiger charge is 2.35.